The van der Waals surface area contributed by atoms with Crippen LogP contribution in [0, 0.1) is 5.92 Å². The molecule has 0 bridgehead atoms. The Morgan fingerprint density at radius 3 is 2.62 bits per heavy atom. The Morgan fingerprint density at radius 2 is 2.08 bits per heavy atom. The van der Waals surface area contributed by atoms with E-state index in [1.165, 1.54) is 0 Å². The van der Waals surface area contributed by atoms with Crippen molar-refractivity contribution in [3.63, 3.8) is 0 Å². The summed E-state index contributed by atoms with van der Waals surface area (Å²) in [5.74, 6) is 0.450. The van der Waals surface area contributed by atoms with Gasteiger partial charge in [-0.2, -0.15) is 0 Å². The molecule has 0 aliphatic rings. The zero-order valence-corrected chi connectivity index (χ0v) is 8.75. The molecule has 1 atom stereocenters. The predicted molar refractivity (Wildman–Crippen MR) is 57.7 cm³/mol. The fraction of sp³-hybridized carbons (Fsp3) is 0.583. The van der Waals surface area contributed by atoms with E-state index in [1.54, 1.807) is 6.92 Å². The monoisotopic (exact) mass is 180 g/mol. The maximum Gasteiger partial charge on any atom is 0.132 e. The Morgan fingerprint density at radius 1 is 1.38 bits per heavy atom. The number of carbonyl (C=O) groups is 1. The van der Waals surface area contributed by atoms with Crippen LogP contribution >= 0.6 is 0 Å². The first-order valence-corrected chi connectivity index (χ1v) is 4.94. The van der Waals surface area contributed by atoms with E-state index < -0.39 is 0 Å². The van der Waals surface area contributed by atoms with E-state index in [0.29, 0.717) is 0 Å². The molecule has 1 nitrogen and oxygen atoms in total. The highest BCUT2D eigenvalue weighted by Gasteiger charge is 2.03. The Bertz CT molecular complexity index is 180. The van der Waals surface area contributed by atoms with E-state index in [4.69, 9.17) is 0 Å². The maximum atomic E-state index is 10.9. The Balaban J connectivity index is 3.40. The van der Waals surface area contributed by atoms with Gasteiger partial charge in [-0.25, -0.2) is 0 Å². The summed E-state index contributed by atoms with van der Waals surface area (Å²) >= 11 is 0. The van der Waals surface area contributed by atoms with Crippen LogP contribution in [0.1, 0.15) is 39.5 Å². The van der Waals surface area contributed by atoms with Gasteiger partial charge < -0.3 is 0 Å². The van der Waals surface area contributed by atoms with Crippen LogP contribution < -0.4 is 0 Å². The second-order valence-electron chi connectivity index (χ2n) is 3.44. The molecule has 0 aromatic rings. The zero-order chi connectivity index (χ0) is 10.1. The van der Waals surface area contributed by atoms with Gasteiger partial charge in [-0.15, -0.1) is 6.58 Å². The second-order valence-corrected chi connectivity index (χ2v) is 3.44. The third kappa shape index (κ3) is 7.51. The average Bonchev–Trinajstić information content (AvgIpc) is 2.10. The van der Waals surface area contributed by atoms with Gasteiger partial charge in [0.05, 0.1) is 0 Å². The van der Waals surface area contributed by atoms with Crippen LogP contribution in [-0.4, -0.2) is 5.78 Å². The van der Waals surface area contributed by atoms with E-state index in [0.717, 1.165) is 25.7 Å². The molecule has 0 heterocycles. The van der Waals surface area contributed by atoms with Crippen LogP contribution in [0.3, 0.4) is 0 Å². The molecule has 1 unspecified atom stereocenters. The summed E-state index contributed by atoms with van der Waals surface area (Å²) in [6.07, 6.45) is 10.4. The molecule has 0 rings (SSSR count). The summed E-state index contributed by atoms with van der Waals surface area (Å²) < 4.78 is 0. The summed E-state index contributed by atoms with van der Waals surface area (Å²) in [5.41, 5.74) is 0. The van der Waals surface area contributed by atoms with E-state index in [-0.39, 0.29) is 11.7 Å². The molecule has 0 radical (unpaired) electrons. The standard InChI is InChI=1S/C12H20O/c1-4-5-6-7-8-9-10-11(2)12(3)13/h4,8-9,11H,1,5-7,10H2,2-3H3. The van der Waals surface area contributed by atoms with Crippen molar-refractivity contribution in [1.82, 2.24) is 0 Å². The van der Waals surface area contributed by atoms with Crippen molar-refractivity contribution in [1.29, 1.82) is 0 Å². The highest BCUT2D eigenvalue weighted by molar-refractivity contribution is 5.77. The van der Waals surface area contributed by atoms with E-state index in [2.05, 4.69) is 18.7 Å². The summed E-state index contributed by atoms with van der Waals surface area (Å²) in [7, 11) is 0. The lowest BCUT2D eigenvalue weighted by atomic mass is 10.0. The topological polar surface area (TPSA) is 17.1 Å². The normalized spacial score (nSPS) is 13.1. The number of ketones is 1. The van der Waals surface area contributed by atoms with Crippen LogP contribution in [0.25, 0.3) is 0 Å². The zero-order valence-electron chi connectivity index (χ0n) is 8.75. The Kier molecular flexibility index (Phi) is 7.27. The lowest BCUT2D eigenvalue weighted by Gasteiger charge is -2.01. The summed E-state index contributed by atoms with van der Waals surface area (Å²) in [5, 5.41) is 0. The van der Waals surface area contributed by atoms with Gasteiger partial charge in [0.25, 0.3) is 0 Å². The fourth-order valence-electron chi connectivity index (χ4n) is 0.964. The molecule has 0 aliphatic carbocycles. The van der Waals surface area contributed by atoms with Gasteiger partial charge >= 0.3 is 0 Å². The first-order chi connectivity index (χ1) is 6.18. The second kappa shape index (κ2) is 7.78. The number of unbranched alkanes of at least 4 members (excludes halogenated alkanes) is 2. The smallest absolute Gasteiger partial charge is 0.132 e. The number of hydrogen-bond acceptors (Lipinski definition) is 1. The third-order valence-electron chi connectivity index (χ3n) is 2.13. The van der Waals surface area contributed by atoms with Crippen LogP contribution in [0.4, 0.5) is 0 Å². The highest BCUT2D eigenvalue weighted by atomic mass is 16.1. The molecule has 74 valence electrons. The van der Waals surface area contributed by atoms with Gasteiger partial charge in [-0.1, -0.05) is 25.2 Å². The summed E-state index contributed by atoms with van der Waals surface area (Å²) in [4.78, 5) is 10.9. The summed E-state index contributed by atoms with van der Waals surface area (Å²) in [6, 6.07) is 0. The number of rotatable bonds is 7. The molecule has 0 fully saturated rings. The Labute approximate surface area is 81.5 Å². The average molecular weight is 180 g/mol. The van der Waals surface area contributed by atoms with Gasteiger partial charge in [0, 0.05) is 5.92 Å². The number of hydrogen-bond donors (Lipinski definition) is 0. The molecule has 0 aliphatic heterocycles. The minimum atomic E-state index is 0.177. The van der Waals surface area contributed by atoms with Crippen molar-refractivity contribution < 1.29 is 4.79 Å². The van der Waals surface area contributed by atoms with Crippen molar-refractivity contribution in [2.24, 2.45) is 5.92 Å². The molecule has 0 aromatic carbocycles. The number of Topliss-reactive ketones (excluding diaryl/α,β-unsaturated/α-hetero) is 1. The van der Waals surface area contributed by atoms with Crippen molar-refractivity contribution >= 4 is 5.78 Å². The minimum absolute atomic E-state index is 0.177. The van der Waals surface area contributed by atoms with Crippen LogP contribution in [0.2, 0.25) is 0 Å². The van der Waals surface area contributed by atoms with Gasteiger partial charge in [-0.3, -0.25) is 4.79 Å². The molecule has 13 heavy (non-hydrogen) atoms. The molecular weight excluding hydrogens is 160 g/mol. The maximum absolute atomic E-state index is 10.9. The number of allylic oxidation sites excluding steroid dienone is 3. The molecule has 0 aromatic heterocycles. The SMILES string of the molecule is C=CCCCC=CCC(C)C(C)=O. The lowest BCUT2D eigenvalue weighted by Crippen LogP contribution is -2.03. The molecule has 0 spiro atoms. The lowest BCUT2D eigenvalue weighted by molar-refractivity contribution is -0.120. The largest absolute Gasteiger partial charge is 0.300 e. The van der Waals surface area contributed by atoms with Crippen LogP contribution in [0.15, 0.2) is 24.8 Å². The van der Waals surface area contributed by atoms with Crippen molar-refractivity contribution in [3.05, 3.63) is 24.8 Å². The minimum Gasteiger partial charge on any atom is -0.300 e. The fourth-order valence-corrected chi connectivity index (χ4v) is 0.964. The third-order valence-corrected chi connectivity index (χ3v) is 2.13. The van der Waals surface area contributed by atoms with Crippen LogP contribution in [0.5, 0.6) is 0 Å². The van der Waals surface area contributed by atoms with E-state index >= 15 is 0 Å². The van der Waals surface area contributed by atoms with Gasteiger partial charge in [0.2, 0.25) is 0 Å². The van der Waals surface area contributed by atoms with Gasteiger partial charge in [0.1, 0.15) is 5.78 Å². The molecule has 1 heteroatoms. The van der Waals surface area contributed by atoms with Crippen LogP contribution in [-0.2, 0) is 4.79 Å². The summed E-state index contributed by atoms with van der Waals surface area (Å²) in [6.45, 7) is 7.28. The number of carbonyl (C=O) groups excluding carboxylic acids is 1. The predicted octanol–water partition coefficient (Wildman–Crippen LogP) is 3.51. The van der Waals surface area contributed by atoms with E-state index in [9.17, 15) is 4.79 Å². The van der Waals surface area contributed by atoms with Gasteiger partial charge in [-0.05, 0) is 32.6 Å². The van der Waals surface area contributed by atoms with Crippen molar-refractivity contribution in [2.75, 3.05) is 0 Å². The molecular formula is C12H20O. The highest BCUT2D eigenvalue weighted by Crippen LogP contribution is 2.05. The molecule has 0 saturated heterocycles. The van der Waals surface area contributed by atoms with Gasteiger partial charge in [0.15, 0.2) is 0 Å². The van der Waals surface area contributed by atoms with E-state index in [1.807, 2.05) is 13.0 Å². The first kappa shape index (κ1) is 12.2. The van der Waals surface area contributed by atoms with Crippen molar-refractivity contribution in [3.8, 4) is 0 Å². The molecule has 0 amide bonds. The molecule has 0 N–H and O–H groups in total. The molecule has 0 saturated carbocycles. The Hall–Kier alpha value is -0.850. The quantitative estimate of drug-likeness (QED) is 0.433. The van der Waals surface area contributed by atoms with Crippen molar-refractivity contribution in [2.45, 2.75) is 39.5 Å². The first-order valence-electron chi connectivity index (χ1n) is 4.94.